The van der Waals surface area contributed by atoms with Gasteiger partial charge < -0.3 is 43.6 Å². The molecule has 3 rings (SSSR count). The molecule has 11 N–H and O–H groups in total. The van der Waals surface area contributed by atoms with Gasteiger partial charge in [-0.05, 0) is 85.3 Å². The number of halogens is 1. The lowest BCUT2D eigenvalue weighted by molar-refractivity contribution is -0.142. The molecule has 224 valence electrons. The molecule has 0 aromatic heterocycles. The zero-order valence-corrected chi connectivity index (χ0v) is 24.2. The molecule has 0 saturated heterocycles. The molecule has 2 aromatic carbocycles. The predicted octanol–water partition coefficient (Wildman–Crippen LogP) is 0.372. The number of carbonyl (C=O) groups excluding carboxylic acids is 3. The third-order valence-corrected chi connectivity index (χ3v) is 7.76. The number of phenolic OH excluding ortho intramolecular Hbond substituents is 1. The van der Waals surface area contributed by atoms with E-state index >= 15 is 0 Å². The molecule has 0 radical (unpaired) electrons. The highest BCUT2D eigenvalue weighted by molar-refractivity contribution is 6.31. The number of rotatable bonds is 9. The SMILES string of the molecule is CN1C(=O)[C@H](CCCN)NC(=O)[C@@H](N)Cc2cc(ccc2O)-c2ccc(Cl)c(c2)C[C@H]1C(=O)NC[C@@H](N)CCCN. The highest BCUT2D eigenvalue weighted by atomic mass is 35.5. The number of hydrogen-bond acceptors (Lipinski definition) is 8. The Morgan fingerprint density at radius 2 is 1.76 bits per heavy atom. The van der Waals surface area contributed by atoms with E-state index in [4.69, 9.17) is 34.5 Å². The zero-order valence-electron chi connectivity index (χ0n) is 23.4. The van der Waals surface area contributed by atoms with Crippen LogP contribution >= 0.6 is 11.6 Å². The number of aromatic hydroxyl groups is 1. The maximum absolute atomic E-state index is 13.8. The number of nitrogens with one attached hydrogen (secondary N) is 2. The molecular formula is C29H42ClN7O4. The van der Waals surface area contributed by atoms with Gasteiger partial charge in [0, 0.05) is 37.5 Å². The smallest absolute Gasteiger partial charge is 0.245 e. The summed E-state index contributed by atoms with van der Waals surface area (Å²) in [7, 11) is 1.53. The Morgan fingerprint density at radius 3 is 2.44 bits per heavy atom. The van der Waals surface area contributed by atoms with Crippen LogP contribution in [0.5, 0.6) is 5.75 Å². The fourth-order valence-corrected chi connectivity index (χ4v) is 5.07. The minimum atomic E-state index is -1.03. The summed E-state index contributed by atoms with van der Waals surface area (Å²) in [5.41, 5.74) is 26.4. The van der Waals surface area contributed by atoms with E-state index in [0.717, 1.165) is 17.5 Å². The van der Waals surface area contributed by atoms with Crippen molar-refractivity contribution in [1.82, 2.24) is 15.5 Å². The maximum Gasteiger partial charge on any atom is 0.245 e. The van der Waals surface area contributed by atoms with Crippen molar-refractivity contribution in [2.24, 2.45) is 22.9 Å². The molecule has 2 aromatic rings. The number of benzene rings is 2. The van der Waals surface area contributed by atoms with Crippen molar-refractivity contribution >= 4 is 29.3 Å². The van der Waals surface area contributed by atoms with E-state index < -0.39 is 35.8 Å². The third-order valence-electron chi connectivity index (χ3n) is 7.40. The summed E-state index contributed by atoms with van der Waals surface area (Å²) < 4.78 is 0. The Kier molecular flexibility index (Phi) is 11.9. The number of carbonyl (C=O) groups is 3. The Balaban J connectivity index is 2.06. The molecular weight excluding hydrogens is 546 g/mol. The van der Waals surface area contributed by atoms with Gasteiger partial charge in [0.05, 0.1) is 6.04 Å². The van der Waals surface area contributed by atoms with Crippen LogP contribution in [0.15, 0.2) is 36.4 Å². The van der Waals surface area contributed by atoms with Gasteiger partial charge in [-0.1, -0.05) is 23.7 Å². The molecule has 11 nitrogen and oxygen atoms in total. The Bertz CT molecular complexity index is 1230. The van der Waals surface area contributed by atoms with Crippen LogP contribution < -0.4 is 33.6 Å². The quantitative estimate of drug-likeness (QED) is 0.218. The van der Waals surface area contributed by atoms with Crippen LogP contribution in [0.25, 0.3) is 11.1 Å². The number of likely N-dealkylation sites (N-methyl/N-ethyl adjacent to an activating group) is 1. The van der Waals surface area contributed by atoms with Crippen LogP contribution in [0, 0.1) is 0 Å². The second-order valence-corrected chi connectivity index (χ2v) is 11.0. The van der Waals surface area contributed by atoms with Crippen molar-refractivity contribution in [3.8, 4) is 16.9 Å². The average molecular weight is 588 g/mol. The van der Waals surface area contributed by atoms with Crippen LogP contribution in [-0.4, -0.2) is 78.6 Å². The highest BCUT2D eigenvalue weighted by Gasteiger charge is 2.33. The highest BCUT2D eigenvalue weighted by Crippen LogP contribution is 2.31. The van der Waals surface area contributed by atoms with Crippen molar-refractivity contribution in [3.63, 3.8) is 0 Å². The van der Waals surface area contributed by atoms with Gasteiger partial charge >= 0.3 is 0 Å². The van der Waals surface area contributed by atoms with E-state index in [0.29, 0.717) is 42.1 Å². The molecule has 0 unspecified atom stereocenters. The van der Waals surface area contributed by atoms with E-state index in [1.165, 1.54) is 11.9 Å². The fraction of sp³-hybridized carbons (Fsp3) is 0.483. The Labute approximate surface area is 245 Å². The van der Waals surface area contributed by atoms with Crippen molar-refractivity contribution in [2.45, 2.75) is 62.7 Å². The molecule has 1 heterocycles. The second kappa shape index (κ2) is 15.1. The summed E-state index contributed by atoms with van der Waals surface area (Å²) in [6, 6.07) is 7.25. The number of nitrogens with two attached hydrogens (primary N) is 4. The molecule has 3 amide bonds. The fourth-order valence-electron chi connectivity index (χ4n) is 4.87. The van der Waals surface area contributed by atoms with Gasteiger partial charge in [-0.3, -0.25) is 14.4 Å². The third kappa shape index (κ3) is 8.64. The molecule has 4 atom stereocenters. The number of fused-ring (bicyclic) bond motifs is 5. The standard InChI is InChI=1S/C29H42ClN7O4/c1-37-25(28(40)35-16-21(33)4-2-10-31)15-19-12-17(6-8-22(19)30)18-7-9-26(38)20(13-18)14-23(34)27(39)36-24(29(37)41)5-3-11-32/h6-9,12-13,21,23-25,38H,2-5,10-11,14-16,31-34H2,1H3,(H,35,40)(H,36,39)/t21-,23-,24-,25-/m0/s1. The first-order valence-electron chi connectivity index (χ1n) is 13.9. The second-order valence-electron chi connectivity index (χ2n) is 10.6. The predicted molar refractivity (Wildman–Crippen MR) is 160 cm³/mol. The number of hydrogen-bond donors (Lipinski definition) is 7. The molecule has 0 spiro atoms. The summed E-state index contributed by atoms with van der Waals surface area (Å²) in [5, 5.41) is 16.5. The van der Waals surface area contributed by atoms with Gasteiger partial charge in [-0.2, -0.15) is 0 Å². The minimum absolute atomic E-state index is 0.00685. The Morgan fingerprint density at radius 1 is 1.10 bits per heavy atom. The zero-order chi connectivity index (χ0) is 30.1. The van der Waals surface area contributed by atoms with Crippen LogP contribution in [0.2, 0.25) is 5.02 Å². The molecule has 4 bridgehead atoms. The summed E-state index contributed by atoms with van der Waals surface area (Å²) in [6.45, 7) is 1.02. The first kappa shape index (κ1) is 32.3. The monoisotopic (exact) mass is 587 g/mol. The van der Waals surface area contributed by atoms with E-state index in [1.807, 2.05) is 12.1 Å². The van der Waals surface area contributed by atoms with E-state index in [2.05, 4.69) is 10.6 Å². The van der Waals surface area contributed by atoms with E-state index in [1.54, 1.807) is 24.3 Å². The van der Waals surface area contributed by atoms with Gasteiger partial charge in [0.2, 0.25) is 17.7 Å². The van der Waals surface area contributed by atoms with E-state index in [9.17, 15) is 19.5 Å². The largest absolute Gasteiger partial charge is 0.508 e. The van der Waals surface area contributed by atoms with Crippen LogP contribution in [0.3, 0.4) is 0 Å². The molecule has 0 aliphatic carbocycles. The number of nitrogens with zero attached hydrogens (tertiary/aromatic N) is 1. The lowest BCUT2D eigenvalue weighted by Crippen LogP contribution is -2.57. The number of amides is 3. The van der Waals surface area contributed by atoms with Crippen LogP contribution in [-0.2, 0) is 27.2 Å². The average Bonchev–Trinajstić information content (AvgIpc) is 2.96. The lowest BCUT2D eigenvalue weighted by atomic mass is 9.95. The molecule has 12 heteroatoms. The van der Waals surface area contributed by atoms with Gasteiger partial charge in [0.15, 0.2) is 0 Å². The van der Waals surface area contributed by atoms with Crippen LogP contribution in [0.4, 0.5) is 0 Å². The first-order valence-corrected chi connectivity index (χ1v) is 14.3. The Hall–Kier alpha value is -3.22. The van der Waals surface area contributed by atoms with Crippen molar-refractivity contribution in [2.75, 3.05) is 26.7 Å². The summed E-state index contributed by atoms with van der Waals surface area (Å²) in [4.78, 5) is 41.8. The summed E-state index contributed by atoms with van der Waals surface area (Å²) >= 11 is 6.60. The lowest BCUT2D eigenvalue weighted by Gasteiger charge is -2.32. The molecule has 1 aliphatic rings. The van der Waals surface area contributed by atoms with Gasteiger partial charge in [0.25, 0.3) is 0 Å². The maximum atomic E-state index is 13.8. The van der Waals surface area contributed by atoms with Crippen LogP contribution in [0.1, 0.15) is 36.8 Å². The minimum Gasteiger partial charge on any atom is -0.508 e. The van der Waals surface area contributed by atoms with Gasteiger partial charge in [0.1, 0.15) is 17.8 Å². The molecule has 41 heavy (non-hydrogen) atoms. The van der Waals surface area contributed by atoms with Crippen molar-refractivity contribution in [3.05, 3.63) is 52.5 Å². The van der Waals surface area contributed by atoms with Gasteiger partial charge in [-0.25, -0.2) is 0 Å². The number of phenols is 1. The molecule has 0 saturated carbocycles. The van der Waals surface area contributed by atoms with Gasteiger partial charge in [-0.15, -0.1) is 0 Å². The van der Waals surface area contributed by atoms with Crippen molar-refractivity contribution < 1.29 is 19.5 Å². The van der Waals surface area contributed by atoms with E-state index in [-0.39, 0.29) is 37.6 Å². The summed E-state index contributed by atoms with van der Waals surface area (Å²) in [6.07, 6.45) is 2.25. The van der Waals surface area contributed by atoms with Crippen molar-refractivity contribution in [1.29, 1.82) is 0 Å². The first-order chi connectivity index (χ1) is 19.5. The topological polar surface area (TPSA) is 203 Å². The normalized spacial score (nSPS) is 20.5. The molecule has 0 fully saturated rings. The molecule has 1 aliphatic heterocycles. The summed E-state index contributed by atoms with van der Waals surface area (Å²) in [5.74, 6) is -1.41.